The van der Waals surface area contributed by atoms with E-state index in [-0.39, 0.29) is 0 Å². The van der Waals surface area contributed by atoms with Crippen LogP contribution in [0, 0.1) is 6.92 Å². The minimum Gasteiger partial charge on any atom is -0.396 e. The van der Waals surface area contributed by atoms with E-state index in [1.54, 1.807) is 0 Å². The van der Waals surface area contributed by atoms with Gasteiger partial charge >= 0.3 is 0 Å². The van der Waals surface area contributed by atoms with Crippen molar-refractivity contribution in [2.75, 3.05) is 5.73 Å². The van der Waals surface area contributed by atoms with Crippen LogP contribution in [-0.4, -0.2) is 9.38 Å². The third kappa shape index (κ3) is 1.83. The van der Waals surface area contributed by atoms with Crippen LogP contribution in [0.4, 0.5) is 5.69 Å². The standard InChI is InChI=1S/C14H12ClN3/c1-9-6-12(16)14-17-13(8-18(14)7-9)10-2-4-11(15)5-3-10/h2-8H,16H2,1H3. The molecule has 1 aromatic carbocycles. The summed E-state index contributed by atoms with van der Waals surface area (Å²) in [4.78, 5) is 4.55. The molecular weight excluding hydrogens is 246 g/mol. The maximum absolute atomic E-state index is 5.97. The molecule has 0 aliphatic rings. The highest BCUT2D eigenvalue weighted by molar-refractivity contribution is 6.30. The van der Waals surface area contributed by atoms with Gasteiger partial charge in [0.05, 0.1) is 11.4 Å². The van der Waals surface area contributed by atoms with Crippen molar-refractivity contribution in [2.24, 2.45) is 0 Å². The molecule has 0 saturated heterocycles. The van der Waals surface area contributed by atoms with E-state index in [0.29, 0.717) is 5.69 Å². The number of rotatable bonds is 1. The van der Waals surface area contributed by atoms with Gasteiger partial charge in [0.1, 0.15) is 0 Å². The zero-order valence-corrected chi connectivity index (χ0v) is 10.6. The van der Waals surface area contributed by atoms with Crippen LogP contribution < -0.4 is 5.73 Å². The largest absolute Gasteiger partial charge is 0.396 e. The SMILES string of the molecule is Cc1cc(N)c2nc(-c3ccc(Cl)cc3)cn2c1. The molecule has 2 aromatic heterocycles. The number of anilines is 1. The maximum atomic E-state index is 5.97. The molecule has 0 amide bonds. The van der Waals surface area contributed by atoms with Crippen LogP contribution in [0.5, 0.6) is 0 Å². The van der Waals surface area contributed by atoms with Crippen molar-refractivity contribution in [2.45, 2.75) is 6.92 Å². The predicted molar refractivity (Wildman–Crippen MR) is 74.8 cm³/mol. The average Bonchev–Trinajstić information content (AvgIpc) is 2.74. The second-order valence-corrected chi connectivity index (χ2v) is 4.77. The molecule has 0 radical (unpaired) electrons. The van der Waals surface area contributed by atoms with Crippen molar-refractivity contribution in [3.05, 3.63) is 53.3 Å². The molecule has 0 aliphatic heterocycles. The fourth-order valence-electron chi connectivity index (χ4n) is 2.03. The highest BCUT2D eigenvalue weighted by Crippen LogP contribution is 2.23. The maximum Gasteiger partial charge on any atom is 0.160 e. The number of aryl methyl sites for hydroxylation is 1. The van der Waals surface area contributed by atoms with E-state index in [4.69, 9.17) is 17.3 Å². The molecule has 18 heavy (non-hydrogen) atoms. The quantitative estimate of drug-likeness (QED) is 0.725. The first-order valence-corrected chi connectivity index (χ1v) is 6.02. The van der Waals surface area contributed by atoms with Crippen molar-refractivity contribution < 1.29 is 0 Å². The highest BCUT2D eigenvalue weighted by Gasteiger charge is 2.07. The first-order chi connectivity index (χ1) is 8.63. The summed E-state index contributed by atoms with van der Waals surface area (Å²) in [6.07, 6.45) is 3.99. The summed E-state index contributed by atoms with van der Waals surface area (Å²) in [7, 11) is 0. The Morgan fingerprint density at radius 2 is 1.89 bits per heavy atom. The first kappa shape index (κ1) is 11.1. The molecule has 2 heterocycles. The summed E-state index contributed by atoms with van der Waals surface area (Å²) >= 11 is 5.88. The Labute approximate surface area is 110 Å². The van der Waals surface area contributed by atoms with E-state index in [9.17, 15) is 0 Å². The van der Waals surface area contributed by atoms with E-state index < -0.39 is 0 Å². The number of nitrogen functional groups attached to an aromatic ring is 1. The lowest BCUT2D eigenvalue weighted by molar-refractivity contribution is 1.16. The molecule has 0 unspecified atom stereocenters. The van der Waals surface area contributed by atoms with Gasteiger partial charge in [0.25, 0.3) is 0 Å². The van der Waals surface area contributed by atoms with Crippen LogP contribution in [0.1, 0.15) is 5.56 Å². The van der Waals surface area contributed by atoms with Crippen LogP contribution in [0.2, 0.25) is 5.02 Å². The zero-order valence-electron chi connectivity index (χ0n) is 9.89. The van der Waals surface area contributed by atoms with Gasteiger partial charge in [-0.05, 0) is 30.7 Å². The first-order valence-electron chi connectivity index (χ1n) is 5.64. The molecule has 0 spiro atoms. The minimum atomic E-state index is 0.690. The number of benzene rings is 1. The minimum absolute atomic E-state index is 0.690. The van der Waals surface area contributed by atoms with Crippen molar-refractivity contribution in [3.8, 4) is 11.3 Å². The van der Waals surface area contributed by atoms with Crippen molar-refractivity contribution >= 4 is 22.9 Å². The van der Waals surface area contributed by atoms with Gasteiger partial charge in [0.2, 0.25) is 0 Å². The van der Waals surface area contributed by atoms with Gasteiger partial charge < -0.3 is 10.1 Å². The van der Waals surface area contributed by atoms with E-state index >= 15 is 0 Å². The van der Waals surface area contributed by atoms with Crippen LogP contribution in [0.25, 0.3) is 16.9 Å². The molecule has 0 fully saturated rings. The normalized spacial score (nSPS) is 11.0. The van der Waals surface area contributed by atoms with Crippen molar-refractivity contribution in [3.63, 3.8) is 0 Å². The predicted octanol–water partition coefficient (Wildman–Crippen LogP) is 3.55. The van der Waals surface area contributed by atoms with Gasteiger partial charge in [-0.15, -0.1) is 0 Å². The van der Waals surface area contributed by atoms with Gasteiger partial charge in [-0.3, -0.25) is 0 Å². The number of imidazole rings is 1. The Balaban J connectivity index is 2.19. The number of aromatic nitrogens is 2. The highest BCUT2D eigenvalue weighted by atomic mass is 35.5. The molecule has 0 atom stereocenters. The summed E-state index contributed by atoms with van der Waals surface area (Å²) in [6, 6.07) is 9.54. The Kier molecular flexibility index (Phi) is 2.49. The van der Waals surface area contributed by atoms with Crippen LogP contribution in [0.15, 0.2) is 42.7 Å². The summed E-state index contributed by atoms with van der Waals surface area (Å²) in [5.41, 5.74) is 10.5. The summed E-state index contributed by atoms with van der Waals surface area (Å²) < 4.78 is 1.95. The lowest BCUT2D eigenvalue weighted by Gasteiger charge is -1.98. The van der Waals surface area contributed by atoms with E-state index in [1.165, 1.54) is 0 Å². The summed E-state index contributed by atoms with van der Waals surface area (Å²) in [5.74, 6) is 0. The Morgan fingerprint density at radius 3 is 2.61 bits per heavy atom. The number of nitrogens with zero attached hydrogens (tertiary/aromatic N) is 2. The monoisotopic (exact) mass is 257 g/mol. The lowest BCUT2D eigenvalue weighted by Crippen LogP contribution is -1.93. The number of hydrogen-bond acceptors (Lipinski definition) is 2. The summed E-state index contributed by atoms with van der Waals surface area (Å²) in [5, 5.41) is 0.720. The molecule has 3 nitrogen and oxygen atoms in total. The molecule has 2 N–H and O–H groups in total. The second-order valence-electron chi connectivity index (χ2n) is 4.34. The molecule has 3 rings (SSSR count). The molecule has 0 bridgehead atoms. The van der Waals surface area contributed by atoms with Gasteiger partial charge in [-0.2, -0.15) is 0 Å². The molecular formula is C14H12ClN3. The van der Waals surface area contributed by atoms with Crippen LogP contribution in [-0.2, 0) is 0 Å². The zero-order chi connectivity index (χ0) is 12.7. The molecule has 90 valence electrons. The van der Waals surface area contributed by atoms with Crippen molar-refractivity contribution in [1.29, 1.82) is 0 Å². The average molecular weight is 258 g/mol. The Bertz CT molecular complexity index is 714. The van der Waals surface area contributed by atoms with Gasteiger partial charge in [-0.1, -0.05) is 23.7 Å². The van der Waals surface area contributed by atoms with E-state index in [0.717, 1.165) is 27.5 Å². The fourth-order valence-corrected chi connectivity index (χ4v) is 2.16. The topological polar surface area (TPSA) is 43.3 Å². The van der Waals surface area contributed by atoms with Crippen molar-refractivity contribution in [1.82, 2.24) is 9.38 Å². The number of nitrogens with two attached hydrogens (primary N) is 1. The smallest absolute Gasteiger partial charge is 0.160 e. The van der Waals surface area contributed by atoms with E-state index in [1.807, 2.05) is 54.0 Å². The molecule has 4 heteroatoms. The van der Waals surface area contributed by atoms with Crippen LogP contribution in [0.3, 0.4) is 0 Å². The lowest BCUT2D eigenvalue weighted by atomic mass is 10.2. The van der Waals surface area contributed by atoms with Gasteiger partial charge in [0, 0.05) is 23.0 Å². The number of fused-ring (bicyclic) bond motifs is 1. The third-order valence-electron chi connectivity index (χ3n) is 2.86. The molecule has 3 aromatic rings. The fraction of sp³-hybridized carbons (Fsp3) is 0.0714. The third-order valence-corrected chi connectivity index (χ3v) is 3.11. The molecule has 0 aliphatic carbocycles. The van der Waals surface area contributed by atoms with Gasteiger partial charge in [0.15, 0.2) is 5.65 Å². The van der Waals surface area contributed by atoms with E-state index in [2.05, 4.69) is 4.98 Å². The number of halogens is 1. The number of hydrogen-bond donors (Lipinski definition) is 1. The second kappa shape index (κ2) is 4.03. The Morgan fingerprint density at radius 1 is 1.17 bits per heavy atom. The molecule has 0 saturated carbocycles. The van der Waals surface area contributed by atoms with Crippen LogP contribution >= 0.6 is 11.6 Å². The summed E-state index contributed by atoms with van der Waals surface area (Å²) in [6.45, 7) is 2.01. The number of pyridine rings is 1. The van der Waals surface area contributed by atoms with Gasteiger partial charge in [-0.25, -0.2) is 4.98 Å². The Hall–Kier alpha value is -2.00.